The lowest BCUT2D eigenvalue weighted by Crippen LogP contribution is -2.23. The number of aromatic nitrogens is 3. The molecular formula is C18H15F4N5OS. The largest absolute Gasteiger partial charge is 0.416 e. The van der Waals surface area contributed by atoms with E-state index in [1.165, 1.54) is 30.3 Å². The first-order chi connectivity index (χ1) is 13.7. The monoisotopic (exact) mass is 425 g/mol. The number of nitrogens with two attached hydrogens (primary N) is 1. The predicted octanol–water partition coefficient (Wildman–Crippen LogP) is 3.94. The van der Waals surface area contributed by atoms with Crippen LogP contribution in [0.25, 0.3) is 11.4 Å². The molecule has 0 radical (unpaired) electrons. The zero-order chi connectivity index (χ0) is 21.2. The molecular weight excluding hydrogens is 410 g/mol. The van der Waals surface area contributed by atoms with Gasteiger partial charge in [-0.1, -0.05) is 23.9 Å². The highest BCUT2D eigenvalue weighted by molar-refractivity contribution is 8.00. The standard InChI is InChI=1S/C18H15F4N5OS/c1-10(16(28)24-12-8-6-11(7-9-12)18(20,21)22)29-17-26-25-15(27(17)23)13-4-2-3-5-14(13)19/h2-10H,23H2,1H3,(H,24,28). The van der Waals surface area contributed by atoms with Gasteiger partial charge in [0, 0.05) is 5.69 Å². The molecule has 1 amide bonds. The van der Waals surface area contributed by atoms with E-state index in [0.29, 0.717) is 0 Å². The summed E-state index contributed by atoms with van der Waals surface area (Å²) in [5, 5.41) is 9.75. The first kappa shape index (κ1) is 20.6. The molecule has 3 N–H and O–H groups in total. The zero-order valence-electron chi connectivity index (χ0n) is 14.9. The van der Waals surface area contributed by atoms with Crippen molar-refractivity contribution in [1.82, 2.24) is 14.9 Å². The van der Waals surface area contributed by atoms with Crippen LogP contribution in [0, 0.1) is 5.82 Å². The smallest absolute Gasteiger partial charge is 0.335 e. The van der Waals surface area contributed by atoms with Gasteiger partial charge in [0.05, 0.1) is 16.4 Å². The second-order valence-electron chi connectivity index (χ2n) is 5.98. The number of benzene rings is 2. The molecule has 1 aromatic heterocycles. The predicted molar refractivity (Wildman–Crippen MR) is 101 cm³/mol. The van der Waals surface area contributed by atoms with Gasteiger partial charge < -0.3 is 11.2 Å². The summed E-state index contributed by atoms with van der Waals surface area (Å²) in [4.78, 5) is 12.3. The van der Waals surface area contributed by atoms with Crippen molar-refractivity contribution in [2.24, 2.45) is 0 Å². The molecule has 0 spiro atoms. The lowest BCUT2D eigenvalue weighted by atomic mass is 10.2. The number of anilines is 1. The minimum atomic E-state index is -4.45. The van der Waals surface area contributed by atoms with Gasteiger partial charge in [-0.25, -0.2) is 9.07 Å². The van der Waals surface area contributed by atoms with E-state index in [1.54, 1.807) is 13.0 Å². The molecule has 0 bridgehead atoms. The van der Waals surface area contributed by atoms with E-state index < -0.39 is 28.7 Å². The number of carbonyl (C=O) groups is 1. The third-order valence-electron chi connectivity index (χ3n) is 3.91. The van der Waals surface area contributed by atoms with Crippen LogP contribution in [0.15, 0.2) is 53.7 Å². The molecule has 0 aliphatic heterocycles. The van der Waals surface area contributed by atoms with Gasteiger partial charge in [0.25, 0.3) is 0 Å². The summed E-state index contributed by atoms with van der Waals surface area (Å²) >= 11 is 0.976. The van der Waals surface area contributed by atoms with Crippen molar-refractivity contribution in [3.8, 4) is 11.4 Å². The molecule has 1 atom stereocenters. The number of nitrogens with one attached hydrogen (secondary N) is 1. The SMILES string of the molecule is CC(Sc1nnc(-c2ccccc2F)n1N)C(=O)Nc1ccc(C(F)(F)F)cc1. The van der Waals surface area contributed by atoms with Gasteiger partial charge in [-0.3, -0.25) is 4.79 Å². The summed E-state index contributed by atoms with van der Waals surface area (Å²) in [5.41, 5.74) is -0.428. The molecule has 3 rings (SSSR count). The van der Waals surface area contributed by atoms with Crippen molar-refractivity contribution >= 4 is 23.4 Å². The zero-order valence-corrected chi connectivity index (χ0v) is 15.8. The summed E-state index contributed by atoms with van der Waals surface area (Å²) in [5.74, 6) is 5.04. The van der Waals surface area contributed by atoms with Crippen LogP contribution in [-0.4, -0.2) is 26.0 Å². The Balaban J connectivity index is 1.68. The van der Waals surface area contributed by atoms with Crippen LogP contribution < -0.4 is 11.2 Å². The Kier molecular flexibility index (Phi) is 5.78. The Bertz CT molecular complexity index is 1020. The van der Waals surface area contributed by atoms with Crippen molar-refractivity contribution in [3.63, 3.8) is 0 Å². The van der Waals surface area contributed by atoms with Crippen LogP contribution in [0.2, 0.25) is 0 Å². The molecule has 0 saturated heterocycles. The van der Waals surface area contributed by atoms with E-state index in [0.717, 1.165) is 28.6 Å². The number of rotatable bonds is 5. The van der Waals surface area contributed by atoms with Crippen LogP contribution in [-0.2, 0) is 11.0 Å². The first-order valence-corrected chi connectivity index (χ1v) is 9.15. The van der Waals surface area contributed by atoms with Crippen molar-refractivity contribution in [1.29, 1.82) is 0 Å². The fourth-order valence-corrected chi connectivity index (χ4v) is 3.15. The summed E-state index contributed by atoms with van der Waals surface area (Å²) in [6.45, 7) is 1.57. The molecule has 6 nitrogen and oxygen atoms in total. The minimum absolute atomic E-state index is 0.0981. The highest BCUT2D eigenvalue weighted by Gasteiger charge is 2.30. The van der Waals surface area contributed by atoms with Crippen LogP contribution >= 0.6 is 11.8 Å². The van der Waals surface area contributed by atoms with Gasteiger partial charge in [0.2, 0.25) is 11.1 Å². The average Bonchev–Trinajstić information content (AvgIpc) is 3.02. The van der Waals surface area contributed by atoms with Gasteiger partial charge in [-0.05, 0) is 43.3 Å². The van der Waals surface area contributed by atoms with Crippen molar-refractivity contribution in [2.75, 3.05) is 11.2 Å². The maximum absolute atomic E-state index is 13.9. The number of hydrogen-bond donors (Lipinski definition) is 2. The Hall–Kier alpha value is -3.08. The maximum atomic E-state index is 13.9. The van der Waals surface area contributed by atoms with Crippen LogP contribution in [0.4, 0.5) is 23.2 Å². The van der Waals surface area contributed by atoms with E-state index >= 15 is 0 Å². The molecule has 29 heavy (non-hydrogen) atoms. The van der Waals surface area contributed by atoms with Crippen molar-refractivity contribution in [3.05, 3.63) is 59.9 Å². The van der Waals surface area contributed by atoms with Gasteiger partial charge in [0.15, 0.2) is 5.82 Å². The topological polar surface area (TPSA) is 85.8 Å². The molecule has 152 valence electrons. The van der Waals surface area contributed by atoms with Crippen LogP contribution in [0.5, 0.6) is 0 Å². The number of thioether (sulfide) groups is 1. The second kappa shape index (κ2) is 8.11. The summed E-state index contributed by atoms with van der Waals surface area (Å²) in [6, 6.07) is 10.0. The summed E-state index contributed by atoms with van der Waals surface area (Å²) in [7, 11) is 0. The van der Waals surface area contributed by atoms with Gasteiger partial charge >= 0.3 is 6.18 Å². The molecule has 2 aromatic carbocycles. The summed E-state index contributed by atoms with van der Waals surface area (Å²) < 4.78 is 52.8. The van der Waals surface area contributed by atoms with E-state index in [9.17, 15) is 22.4 Å². The number of alkyl halides is 3. The Labute approximate surface area is 167 Å². The number of nitrogens with zero attached hydrogens (tertiary/aromatic N) is 3. The number of nitrogen functional groups attached to an aromatic ring is 1. The fraction of sp³-hybridized carbons (Fsp3) is 0.167. The number of amides is 1. The van der Waals surface area contributed by atoms with E-state index in [1.807, 2.05) is 0 Å². The number of hydrogen-bond acceptors (Lipinski definition) is 5. The van der Waals surface area contributed by atoms with Crippen LogP contribution in [0.3, 0.4) is 0 Å². The molecule has 1 heterocycles. The molecule has 0 aliphatic carbocycles. The summed E-state index contributed by atoms with van der Waals surface area (Å²) in [6.07, 6.45) is -4.45. The van der Waals surface area contributed by atoms with E-state index in [2.05, 4.69) is 15.5 Å². The second-order valence-corrected chi connectivity index (χ2v) is 7.29. The number of carbonyl (C=O) groups excluding carboxylic acids is 1. The number of halogens is 4. The normalized spacial score (nSPS) is 12.6. The molecule has 3 aromatic rings. The highest BCUT2D eigenvalue weighted by atomic mass is 32.2. The third kappa shape index (κ3) is 4.67. The Morgan fingerprint density at radius 2 is 1.79 bits per heavy atom. The fourth-order valence-electron chi connectivity index (χ4n) is 2.38. The first-order valence-electron chi connectivity index (χ1n) is 8.27. The van der Waals surface area contributed by atoms with Crippen LogP contribution in [0.1, 0.15) is 12.5 Å². The molecule has 0 fully saturated rings. The quantitative estimate of drug-likeness (QED) is 0.368. The van der Waals surface area contributed by atoms with Crippen molar-refractivity contribution < 1.29 is 22.4 Å². The van der Waals surface area contributed by atoms with E-state index in [-0.39, 0.29) is 22.2 Å². The molecule has 1 unspecified atom stereocenters. The lowest BCUT2D eigenvalue weighted by Gasteiger charge is -2.12. The minimum Gasteiger partial charge on any atom is -0.335 e. The van der Waals surface area contributed by atoms with Gasteiger partial charge in [0.1, 0.15) is 5.82 Å². The van der Waals surface area contributed by atoms with Gasteiger partial charge in [-0.15, -0.1) is 10.2 Å². The lowest BCUT2D eigenvalue weighted by molar-refractivity contribution is -0.137. The van der Waals surface area contributed by atoms with Gasteiger partial charge in [-0.2, -0.15) is 13.2 Å². The van der Waals surface area contributed by atoms with Crippen molar-refractivity contribution in [2.45, 2.75) is 23.5 Å². The molecule has 0 aliphatic rings. The van der Waals surface area contributed by atoms with E-state index in [4.69, 9.17) is 5.84 Å². The Morgan fingerprint density at radius 1 is 1.14 bits per heavy atom. The highest BCUT2D eigenvalue weighted by Crippen LogP contribution is 2.30. The molecule has 0 saturated carbocycles. The Morgan fingerprint density at radius 3 is 2.41 bits per heavy atom. The molecule has 11 heteroatoms. The third-order valence-corrected chi connectivity index (χ3v) is 4.97. The average molecular weight is 425 g/mol. The maximum Gasteiger partial charge on any atom is 0.416 e.